The lowest BCUT2D eigenvalue weighted by molar-refractivity contribution is -0.301. The molecule has 0 radical (unpaired) electrons. The number of imide groups is 1. The average Bonchev–Trinajstić information content (AvgIpc) is 3.15. The lowest BCUT2D eigenvalue weighted by Gasteiger charge is -2.42. The van der Waals surface area contributed by atoms with Crippen LogP contribution in [0, 0.1) is 0 Å². The maximum absolute atomic E-state index is 12.3. The molecule has 0 spiro atoms. The molecule has 1 unspecified atom stereocenters. The Morgan fingerprint density at radius 2 is 1.73 bits per heavy atom. The number of esters is 1. The molecule has 1 aromatic carbocycles. The highest BCUT2D eigenvalue weighted by molar-refractivity contribution is 9.10. The highest BCUT2D eigenvalue weighted by Crippen LogP contribution is 2.39. The summed E-state index contributed by atoms with van der Waals surface area (Å²) in [6.45, 7) is 12.0. The number of hydrogen-bond donors (Lipinski definition) is 2. The van der Waals surface area contributed by atoms with Crippen LogP contribution in [0.25, 0.3) is 0 Å². The molecule has 2 saturated heterocycles. The van der Waals surface area contributed by atoms with Gasteiger partial charge >= 0.3 is 18.1 Å². The normalized spacial score (nSPS) is 25.7. The van der Waals surface area contributed by atoms with Gasteiger partial charge in [0.2, 0.25) is 0 Å². The molecule has 3 rings (SSSR count). The summed E-state index contributed by atoms with van der Waals surface area (Å²) in [5, 5.41) is 4.25. The number of carbonyl (C=O) groups is 3. The third-order valence-corrected chi connectivity index (χ3v) is 6.13. The Morgan fingerprint density at radius 3 is 2.35 bits per heavy atom. The van der Waals surface area contributed by atoms with E-state index in [1.54, 1.807) is 34.6 Å². The molecule has 13 heteroatoms. The Labute approximate surface area is 242 Å². The van der Waals surface area contributed by atoms with Crippen LogP contribution in [0.5, 0.6) is 0 Å². The first-order valence-electron chi connectivity index (χ1n) is 13.1. The quantitative estimate of drug-likeness (QED) is 0.387. The summed E-state index contributed by atoms with van der Waals surface area (Å²) in [7, 11) is 0. The van der Waals surface area contributed by atoms with E-state index in [0.717, 1.165) is 10.0 Å². The van der Waals surface area contributed by atoms with E-state index in [4.69, 9.17) is 33.2 Å². The number of ether oxygens (including phenoxy) is 7. The number of urea groups is 1. The molecule has 40 heavy (non-hydrogen) atoms. The number of halogens is 1. The maximum Gasteiger partial charge on any atom is 0.415 e. The first kappa shape index (κ1) is 32.2. The van der Waals surface area contributed by atoms with Gasteiger partial charge in [0, 0.05) is 4.47 Å². The zero-order valence-corrected chi connectivity index (χ0v) is 25.4. The van der Waals surface area contributed by atoms with Crippen LogP contribution in [0.2, 0.25) is 0 Å². The molecule has 0 saturated carbocycles. The molecule has 0 aliphatic carbocycles. The zero-order chi connectivity index (χ0) is 29.7. The number of fused-ring (bicyclic) bond motifs is 1. The van der Waals surface area contributed by atoms with E-state index < -0.39 is 66.7 Å². The summed E-state index contributed by atoms with van der Waals surface area (Å²) in [4.78, 5) is 36.1. The highest BCUT2D eigenvalue weighted by atomic mass is 79.9. The van der Waals surface area contributed by atoms with Crippen LogP contribution in [-0.4, -0.2) is 79.4 Å². The van der Waals surface area contributed by atoms with Gasteiger partial charge < -0.3 is 38.5 Å². The van der Waals surface area contributed by atoms with Gasteiger partial charge in [-0.25, -0.2) is 14.9 Å². The number of rotatable bonds is 9. The van der Waals surface area contributed by atoms with E-state index in [1.165, 1.54) is 0 Å². The molecule has 2 fully saturated rings. The van der Waals surface area contributed by atoms with Crippen molar-refractivity contribution in [3.63, 3.8) is 0 Å². The second-order valence-electron chi connectivity index (χ2n) is 11.2. The van der Waals surface area contributed by atoms with E-state index in [2.05, 4.69) is 21.2 Å². The Hall–Kier alpha value is -2.29. The van der Waals surface area contributed by atoms with Crippen molar-refractivity contribution in [2.24, 2.45) is 0 Å². The standard InChI is InChI=1S/C27H39BrN2O10/c1-15(2)36-23-22(34-13-16-8-10-17(28)11-9-16)21-20(39-27(6,7)40-21)18(37-23)14-35-25(33)30-24(32)29-12-19(31)38-26(3,4)5/h8-11,15,18,20-23H,12-14H2,1-7H3,(H2,29,30,32,33)/t18-,20+,21+,22-,23?/m1/s1. The molecule has 224 valence electrons. The van der Waals surface area contributed by atoms with Gasteiger partial charge in [-0.05, 0) is 66.2 Å². The van der Waals surface area contributed by atoms with Crippen LogP contribution in [0.1, 0.15) is 54.0 Å². The third-order valence-electron chi connectivity index (χ3n) is 5.60. The second-order valence-corrected chi connectivity index (χ2v) is 12.1. The van der Waals surface area contributed by atoms with Crippen LogP contribution in [0.4, 0.5) is 9.59 Å². The van der Waals surface area contributed by atoms with E-state index in [9.17, 15) is 14.4 Å². The average molecular weight is 632 g/mol. The molecule has 2 aliphatic heterocycles. The summed E-state index contributed by atoms with van der Waals surface area (Å²) < 4.78 is 42.1. The lowest BCUT2D eigenvalue weighted by atomic mass is 9.99. The lowest BCUT2D eigenvalue weighted by Crippen LogP contribution is -2.59. The van der Waals surface area contributed by atoms with Gasteiger partial charge in [0.05, 0.1) is 12.7 Å². The van der Waals surface area contributed by atoms with Gasteiger partial charge in [-0.15, -0.1) is 0 Å². The zero-order valence-electron chi connectivity index (χ0n) is 23.9. The molecule has 0 aromatic heterocycles. The Morgan fingerprint density at radius 1 is 1.07 bits per heavy atom. The molecule has 2 aliphatic rings. The maximum atomic E-state index is 12.3. The minimum atomic E-state index is -1.03. The van der Waals surface area contributed by atoms with Gasteiger partial charge in [0.15, 0.2) is 12.1 Å². The van der Waals surface area contributed by atoms with E-state index in [0.29, 0.717) is 0 Å². The van der Waals surface area contributed by atoms with Crippen molar-refractivity contribution in [3.8, 4) is 0 Å². The first-order chi connectivity index (χ1) is 18.6. The number of amides is 3. The number of benzene rings is 1. The van der Waals surface area contributed by atoms with Crippen molar-refractivity contribution < 1.29 is 47.5 Å². The van der Waals surface area contributed by atoms with Gasteiger partial charge in [0.1, 0.15) is 43.2 Å². The fourth-order valence-corrected chi connectivity index (χ4v) is 4.42. The van der Waals surface area contributed by atoms with Crippen LogP contribution in [-0.2, 0) is 44.6 Å². The largest absolute Gasteiger partial charge is 0.459 e. The fourth-order valence-electron chi connectivity index (χ4n) is 4.16. The SMILES string of the molecule is CC(C)OC1O[C@H](COC(=O)NC(=O)NCC(=O)OC(C)(C)C)[C@@H]2OC(C)(C)O[C@@H]2[C@H]1OCc1ccc(Br)cc1. The highest BCUT2D eigenvalue weighted by Gasteiger charge is 2.56. The molecule has 12 nitrogen and oxygen atoms in total. The summed E-state index contributed by atoms with van der Waals surface area (Å²) in [5.41, 5.74) is 0.251. The number of alkyl carbamates (subject to hydrolysis) is 1. The van der Waals surface area contributed by atoms with Crippen molar-refractivity contribution in [2.75, 3.05) is 13.2 Å². The summed E-state index contributed by atoms with van der Waals surface area (Å²) in [5.74, 6) is -1.60. The molecule has 2 N–H and O–H groups in total. The van der Waals surface area contributed by atoms with Gasteiger partial charge in [0.25, 0.3) is 0 Å². The molecule has 0 bridgehead atoms. The number of nitrogens with one attached hydrogen (secondary N) is 2. The molecule has 3 amide bonds. The number of carbonyl (C=O) groups excluding carboxylic acids is 3. The van der Waals surface area contributed by atoms with Crippen molar-refractivity contribution in [1.29, 1.82) is 0 Å². The Bertz CT molecular complexity index is 1030. The predicted octanol–water partition coefficient (Wildman–Crippen LogP) is 3.78. The minimum Gasteiger partial charge on any atom is -0.459 e. The van der Waals surface area contributed by atoms with Crippen LogP contribution >= 0.6 is 15.9 Å². The molecule has 1 aromatic rings. The Kier molecular flexibility index (Phi) is 10.9. The van der Waals surface area contributed by atoms with E-state index >= 15 is 0 Å². The van der Waals surface area contributed by atoms with Crippen LogP contribution in [0.3, 0.4) is 0 Å². The summed E-state index contributed by atoms with van der Waals surface area (Å²) >= 11 is 3.43. The molecular formula is C27H39BrN2O10. The monoisotopic (exact) mass is 630 g/mol. The van der Waals surface area contributed by atoms with Crippen LogP contribution in [0.15, 0.2) is 28.7 Å². The predicted molar refractivity (Wildman–Crippen MR) is 145 cm³/mol. The van der Waals surface area contributed by atoms with Crippen molar-refractivity contribution in [2.45, 2.75) is 103 Å². The summed E-state index contributed by atoms with van der Waals surface area (Å²) in [6, 6.07) is 6.82. The molecule has 2 heterocycles. The first-order valence-corrected chi connectivity index (χ1v) is 13.9. The minimum absolute atomic E-state index is 0.200. The number of hydrogen-bond acceptors (Lipinski definition) is 10. The van der Waals surface area contributed by atoms with Crippen molar-refractivity contribution >= 4 is 34.0 Å². The van der Waals surface area contributed by atoms with Gasteiger partial charge in [-0.3, -0.25) is 4.79 Å². The second kappa shape index (κ2) is 13.6. The smallest absolute Gasteiger partial charge is 0.415 e. The van der Waals surface area contributed by atoms with Gasteiger partial charge in [-0.1, -0.05) is 28.1 Å². The van der Waals surface area contributed by atoms with Crippen molar-refractivity contribution in [3.05, 3.63) is 34.3 Å². The summed E-state index contributed by atoms with van der Waals surface area (Å²) in [6.07, 6.45) is -4.73. The van der Waals surface area contributed by atoms with E-state index in [1.807, 2.05) is 43.4 Å². The molecular weight excluding hydrogens is 592 g/mol. The third kappa shape index (κ3) is 9.96. The molecule has 5 atom stereocenters. The Balaban J connectivity index is 1.61. The topological polar surface area (TPSA) is 140 Å². The van der Waals surface area contributed by atoms with E-state index in [-0.39, 0.29) is 19.3 Å². The fraction of sp³-hybridized carbons (Fsp3) is 0.667. The van der Waals surface area contributed by atoms with Crippen molar-refractivity contribution in [1.82, 2.24) is 10.6 Å². The van der Waals surface area contributed by atoms with Crippen LogP contribution < -0.4 is 10.6 Å². The van der Waals surface area contributed by atoms with Gasteiger partial charge in [-0.2, -0.15) is 0 Å².